The second kappa shape index (κ2) is 7.93. The topological polar surface area (TPSA) is 63.7 Å². The van der Waals surface area contributed by atoms with Crippen LogP contribution in [0.25, 0.3) is 10.8 Å². The van der Waals surface area contributed by atoms with Crippen molar-refractivity contribution in [3.8, 4) is 0 Å². The minimum Gasteiger partial charge on any atom is -0.460 e. The Morgan fingerprint density at radius 2 is 1.76 bits per heavy atom. The Morgan fingerprint density at radius 3 is 2.59 bits per heavy atom. The molecule has 1 aliphatic heterocycles. The van der Waals surface area contributed by atoms with Crippen molar-refractivity contribution in [1.29, 1.82) is 0 Å². The molecule has 3 aromatic carbocycles. The highest BCUT2D eigenvalue weighted by Crippen LogP contribution is 2.28. The van der Waals surface area contributed by atoms with Gasteiger partial charge in [0.2, 0.25) is 10.0 Å². The minimum atomic E-state index is -4.12. The van der Waals surface area contributed by atoms with Crippen LogP contribution in [0.1, 0.15) is 18.4 Å². The van der Waals surface area contributed by atoms with Gasteiger partial charge in [-0.15, -0.1) is 0 Å². The van der Waals surface area contributed by atoms with E-state index in [1.807, 2.05) is 42.5 Å². The van der Waals surface area contributed by atoms with E-state index < -0.39 is 32.7 Å². The first-order valence-corrected chi connectivity index (χ1v) is 10.8. The van der Waals surface area contributed by atoms with Crippen LogP contribution in [0.3, 0.4) is 0 Å². The van der Waals surface area contributed by atoms with Gasteiger partial charge in [-0.2, -0.15) is 4.31 Å². The lowest BCUT2D eigenvalue weighted by atomic mass is 10.1. The smallest absolute Gasteiger partial charge is 0.324 e. The Morgan fingerprint density at radius 1 is 1.03 bits per heavy atom. The van der Waals surface area contributed by atoms with E-state index in [0.29, 0.717) is 12.8 Å². The van der Waals surface area contributed by atoms with Gasteiger partial charge in [0.15, 0.2) is 0 Å². The monoisotopic (exact) mass is 413 g/mol. The molecule has 0 N–H and O–H groups in total. The number of sulfonamides is 1. The van der Waals surface area contributed by atoms with Crippen LogP contribution >= 0.6 is 0 Å². The molecule has 0 aromatic heterocycles. The number of halogens is 1. The fourth-order valence-corrected chi connectivity index (χ4v) is 5.42. The SMILES string of the molecule is O=C(OCc1cccc2ccccc12)[C@@H]1CCCN1S(=O)(=O)c1ccccc1F. The third-order valence-corrected chi connectivity index (χ3v) is 7.09. The third kappa shape index (κ3) is 3.75. The zero-order valence-corrected chi connectivity index (χ0v) is 16.4. The molecule has 0 aliphatic carbocycles. The van der Waals surface area contributed by atoms with E-state index in [1.165, 1.54) is 18.2 Å². The molecule has 0 unspecified atom stereocenters. The highest BCUT2D eigenvalue weighted by molar-refractivity contribution is 7.89. The van der Waals surface area contributed by atoms with Crippen LogP contribution in [0.15, 0.2) is 71.6 Å². The molecular formula is C22H20FNO4S. The largest absolute Gasteiger partial charge is 0.460 e. The van der Waals surface area contributed by atoms with Gasteiger partial charge in [0.25, 0.3) is 0 Å². The van der Waals surface area contributed by atoms with Crippen molar-refractivity contribution in [2.75, 3.05) is 6.54 Å². The van der Waals surface area contributed by atoms with E-state index in [9.17, 15) is 17.6 Å². The summed E-state index contributed by atoms with van der Waals surface area (Å²) in [5.74, 6) is -1.45. The fraction of sp³-hybridized carbons (Fsp3) is 0.227. The molecule has 150 valence electrons. The summed E-state index contributed by atoms with van der Waals surface area (Å²) in [6.45, 7) is 0.203. The Labute approximate surface area is 168 Å². The highest BCUT2D eigenvalue weighted by Gasteiger charge is 2.41. The van der Waals surface area contributed by atoms with Gasteiger partial charge in [0.05, 0.1) is 0 Å². The molecule has 1 aliphatic rings. The van der Waals surface area contributed by atoms with Crippen molar-refractivity contribution >= 4 is 26.8 Å². The maximum absolute atomic E-state index is 14.1. The van der Waals surface area contributed by atoms with Gasteiger partial charge in [0, 0.05) is 6.54 Å². The normalized spacial score (nSPS) is 17.5. The first-order chi connectivity index (χ1) is 14.0. The number of carbonyl (C=O) groups excluding carboxylic acids is 1. The van der Waals surface area contributed by atoms with Crippen LogP contribution in [-0.4, -0.2) is 31.3 Å². The summed E-state index contributed by atoms with van der Waals surface area (Å²) in [6.07, 6.45) is 0.865. The Bertz CT molecular complexity index is 1160. The van der Waals surface area contributed by atoms with Crippen LogP contribution in [0.4, 0.5) is 4.39 Å². The predicted octanol–water partition coefficient (Wildman–Crippen LogP) is 3.88. The average molecular weight is 413 g/mol. The third-order valence-electron chi connectivity index (χ3n) is 5.15. The minimum absolute atomic E-state index is 0.0459. The Kier molecular flexibility index (Phi) is 5.34. The van der Waals surface area contributed by atoms with E-state index in [1.54, 1.807) is 0 Å². The Balaban J connectivity index is 1.53. The van der Waals surface area contributed by atoms with Gasteiger partial charge in [0.1, 0.15) is 23.4 Å². The molecule has 1 fully saturated rings. The van der Waals surface area contributed by atoms with Crippen molar-refractivity contribution < 1.29 is 22.3 Å². The first-order valence-electron chi connectivity index (χ1n) is 9.38. The molecule has 1 heterocycles. The highest BCUT2D eigenvalue weighted by atomic mass is 32.2. The number of carbonyl (C=O) groups is 1. The quantitative estimate of drug-likeness (QED) is 0.596. The van der Waals surface area contributed by atoms with Crippen molar-refractivity contribution in [2.24, 2.45) is 0 Å². The molecule has 0 radical (unpaired) electrons. The van der Waals surface area contributed by atoms with E-state index in [-0.39, 0.29) is 13.2 Å². The molecule has 0 saturated carbocycles. The summed E-state index contributed by atoms with van der Waals surface area (Å²) in [5, 5.41) is 2.01. The number of rotatable bonds is 5. The number of benzene rings is 3. The zero-order chi connectivity index (χ0) is 20.4. The molecule has 1 atom stereocenters. The summed E-state index contributed by atoms with van der Waals surface area (Å²) in [5.41, 5.74) is 0.845. The van der Waals surface area contributed by atoms with E-state index in [0.717, 1.165) is 26.7 Å². The van der Waals surface area contributed by atoms with Gasteiger partial charge in [-0.25, -0.2) is 12.8 Å². The summed E-state index contributed by atoms with van der Waals surface area (Å²) in [6, 6.07) is 17.7. The number of esters is 1. The maximum Gasteiger partial charge on any atom is 0.324 e. The van der Waals surface area contributed by atoms with E-state index >= 15 is 0 Å². The number of hydrogen-bond acceptors (Lipinski definition) is 4. The summed E-state index contributed by atoms with van der Waals surface area (Å²) < 4.78 is 46.4. The molecule has 7 heteroatoms. The van der Waals surface area contributed by atoms with Crippen molar-refractivity contribution in [2.45, 2.75) is 30.4 Å². The summed E-state index contributed by atoms with van der Waals surface area (Å²) >= 11 is 0. The molecule has 0 amide bonds. The van der Waals surface area contributed by atoms with Gasteiger partial charge in [-0.05, 0) is 41.3 Å². The average Bonchev–Trinajstić information content (AvgIpc) is 3.23. The van der Waals surface area contributed by atoms with Crippen LogP contribution in [0.2, 0.25) is 0 Å². The van der Waals surface area contributed by atoms with E-state index in [4.69, 9.17) is 4.74 Å². The maximum atomic E-state index is 14.1. The van der Waals surface area contributed by atoms with Crippen molar-refractivity contribution in [1.82, 2.24) is 4.31 Å². The lowest BCUT2D eigenvalue weighted by Gasteiger charge is -2.23. The number of ether oxygens (including phenoxy) is 1. The van der Waals surface area contributed by atoms with Gasteiger partial charge in [-0.3, -0.25) is 4.79 Å². The van der Waals surface area contributed by atoms with Crippen molar-refractivity contribution in [3.63, 3.8) is 0 Å². The molecule has 3 aromatic rings. The molecule has 29 heavy (non-hydrogen) atoms. The molecule has 5 nitrogen and oxygen atoms in total. The molecule has 1 saturated heterocycles. The van der Waals surface area contributed by atoms with Crippen molar-refractivity contribution in [3.05, 3.63) is 78.1 Å². The number of hydrogen-bond donors (Lipinski definition) is 0. The Hall–Kier alpha value is -2.77. The number of fused-ring (bicyclic) bond motifs is 1. The summed E-state index contributed by atoms with van der Waals surface area (Å²) in [7, 11) is -4.12. The fourth-order valence-electron chi connectivity index (χ4n) is 3.71. The van der Waals surface area contributed by atoms with Crippen LogP contribution in [-0.2, 0) is 26.2 Å². The van der Waals surface area contributed by atoms with Crippen LogP contribution in [0.5, 0.6) is 0 Å². The van der Waals surface area contributed by atoms with E-state index in [2.05, 4.69) is 0 Å². The molecular weight excluding hydrogens is 393 g/mol. The molecule has 0 bridgehead atoms. The van der Waals surface area contributed by atoms with Crippen LogP contribution < -0.4 is 0 Å². The van der Waals surface area contributed by atoms with Gasteiger partial charge >= 0.3 is 5.97 Å². The number of nitrogens with zero attached hydrogens (tertiary/aromatic N) is 1. The van der Waals surface area contributed by atoms with Gasteiger partial charge < -0.3 is 4.74 Å². The second-order valence-electron chi connectivity index (χ2n) is 6.95. The standard InChI is InChI=1S/C22H20FNO4S/c23-19-11-3-4-13-21(19)29(26,27)24-14-6-12-20(24)22(25)28-15-17-9-5-8-16-7-1-2-10-18(16)17/h1-5,7-11,13,20H,6,12,14-15H2/t20-/m0/s1. The van der Waals surface area contributed by atoms with Crippen LogP contribution in [0, 0.1) is 5.82 Å². The zero-order valence-electron chi connectivity index (χ0n) is 15.6. The predicted molar refractivity (Wildman–Crippen MR) is 107 cm³/mol. The lowest BCUT2D eigenvalue weighted by molar-refractivity contribution is -0.148. The summed E-state index contributed by atoms with van der Waals surface area (Å²) in [4.78, 5) is 12.3. The molecule has 0 spiro atoms. The van der Waals surface area contributed by atoms with Gasteiger partial charge in [-0.1, -0.05) is 54.6 Å². The molecule has 4 rings (SSSR count). The first kappa shape index (κ1) is 19.5. The lowest BCUT2D eigenvalue weighted by Crippen LogP contribution is -2.41. The second-order valence-corrected chi connectivity index (χ2v) is 8.81.